The fourth-order valence-electron chi connectivity index (χ4n) is 6.61. The van der Waals surface area contributed by atoms with E-state index < -0.39 is 0 Å². The number of fused-ring (bicyclic) bond motifs is 8. The third kappa shape index (κ3) is 7.24. The first kappa shape index (κ1) is 36.0. The maximum atomic E-state index is 12.1. The zero-order chi connectivity index (χ0) is 38.2. The van der Waals surface area contributed by atoms with Crippen LogP contribution in [0.3, 0.4) is 0 Å². The van der Waals surface area contributed by atoms with Gasteiger partial charge in [0, 0.05) is 0 Å². The summed E-state index contributed by atoms with van der Waals surface area (Å²) in [5.74, 6) is 0.165. The Balaban J connectivity index is 1.32. The summed E-state index contributed by atoms with van der Waals surface area (Å²) in [4.78, 5) is 4.35. The van der Waals surface area contributed by atoms with Gasteiger partial charge >= 0.3 is 0 Å². The molecule has 0 saturated heterocycles. The molecule has 1 heterocycles. The molecule has 0 unspecified atom stereocenters. The Morgan fingerprint density at radius 1 is 0.214 bits per heavy atom. The van der Waals surface area contributed by atoms with E-state index >= 15 is 0 Å². The number of rotatable bonds is 4. The van der Waals surface area contributed by atoms with Gasteiger partial charge in [-0.1, -0.05) is 168 Å². The Kier molecular flexibility index (Phi) is 9.96. The van der Waals surface area contributed by atoms with Gasteiger partial charge in [-0.15, -0.1) is 0 Å². The second-order valence-corrected chi connectivity index (χ2v) is 17.5. The molecule has 0 saturated carbocycles. The van der Waals surface area contributed by atoms with Gasteiger partial charge < -0.3 is 20.4 Å². The first-order chi connectivity index (χ1) is 27.4. The van der Waals surface area contributed by atoms with Gasteiger partial charge in [-0.3, -0.25) is 0 Å². The van der Waals surface area contributed by atoms with E-state index in [9.17, 15) is 20.4 Å². The predicted molar refractivity (Wildman–Crippen MR) is 231 cm³/mol. The van der Waals surface area contributed by atoms with Crippen molar-refractivity contribution in [3.8, 4) is 67.5 Å². The molecule has 1 aliphatic rings. The molecule has 0 spiro atoms. The molecule has 56 heavy (non-hydrogen) atoms. The zero-order valence-corrected chi connectivity index (χ0v) is 32.9. The summed E-state index contributed by atoms with van der Waals surface area (Å²) in [5.41, 5.74) is 7.37. The molecule has 0 atom stereocenters. The van der Waals surface area contributed by atoms with Crippen LogP contribution >= 0.6 is 47.0 Å². The Morgan fingerprint density at radius 2 is 0.375 bits per heavy atom. The lowest BCUT2D eigenvalue weighted by Gasteiger charge is -2.19. The van der Waals surface area contributed by atoms with Gasteiger partial charge in [0.05, 0.1) is 39.2 Å². The number of phenols is 4. The number of aromatic hydroxyl groups is 4. The maximum Gasteiger partial charge on any atom is 0.143 e. The Morgan fingerprint density at radius 3 is 0.536 bits per heavy atom. The van der Waals surface area contributed by atoms with Crippen molar-refractivity contribution in [2.24, 2.45) is 0 Å². The van der Waals surface area contributed by atoms with Crippen molar-refractivity contribution in [2.45, 2.75) is 39.2 Å². The fraction of sp³-hybridized carbons (Fsp3) is 0. The van der Waals surface area contributed by atoms with Crippen molar-refractivity contribution in [3.05, 3.63) is 170 Å². The average molecular weight is 801 g/mol. The van der Waals surface area contributed by atoms with Crippen LogP contribution in [0.2, 0.25) is 0 Å². The summed E-state index contributed by atoms with van der Waals surface area (Å²) >= 11 is 5.10. The molecular formula is C48H32O4S4. The van der Waals surface area contributed by atoms with Crippen LogP contribution in [-0.4, -0.2) is 20.4 Å². The first-order valence-electron chi connectivity index (χ1n) is 17.8. The first-order valence-corrected chi connectivity index (χ1v) is 21.1. The Hall–Kier alpha value is -5.64. The SMILES string of the molecule is Oc1c2cc(-c3ccccc3)cc1Sc1cc(-c3ccccc3)cc(c1O)Sc1cc(-c3ccccc3)cc(c1O)Sc1cc(-c3ccccc3)cc(c1O)S2. The Bertz CT molecular complexity index is 2250. The highest BCUT2D eigenvalue weighted by molar-refractivity contribution is 8.01. The molecule has 8 heteroatoms. The number of benzene rings is 8. The van der Waals surface area contributed by atoms with Gasteiger partial charge in [0.25, 0.3) is 0 Å². The molecule has 8 aromatic rings. The van der Waals surface area contributed by atoms with Crippen molar-refractivity contribution >= 4 is 47.0 Å². The molecule has 1 aliphatic heterocycles. The summed E-state index contributed by atoms with van der Waals surface area (Å²) in [5, 5.41) is 48.3. The van der Waals surface area contributed by atoms with Crippen LogP contribution < -0.4 is 0 Å². The van der Waals surface area contributed by atoms with E-state index in [0.717, 1.165) is 44.5 Å². The average Bonchev–Trinajstić information content (AvgIpc) is 3.24. The van der Waals surface area contributed by atoms with E-state index in [1.807, 2.05) is 170 Å². The molecule has 4 N–H and O–H groups in total. The molecule has 0 aliphatic carbocycles. The van der Waals surface area contributed by atoms with Crippen LogP contribution in [0.4, 0.5) is 0 Å². The lowest BCUT2D eigenvalue weighted by Crippen LogP contribution is -1.91. The lowest BCUT2D eigenvalue weighted by molar-refractivity contribution is 0.444. The van der Waals surface area contributed by atoms with Crippen LogP contribution in [0.25, 0.3) is 44.5 Å². The quantitative estimate of drug-likeness (QED) is 0.140. The third-order valence-corrected chi connectivity index (χ3v) is 13.7. The van der Waals surface area contributed by atoms with E-state index in [1.54, 1.807) is 0 Å². The molecule has 272 valence electrons. The number of hydrogen-bond acceptors (Lipinski definition) is 8. The standard InChI is InChI=1S/C48H32O4S4/c49-45-37-21-33(29-13-5-1-6-14-29)22-38(45)54-40-24-35(31-17-9-3-10-18-31)26-42(47(40)51)56-44-28-36(32-19-11-4-12-20-32)27-43(48(44)52)55-41-25-34(23-39(53-37)46(41)50)30-15-7-2-8-16-30/h1-28,49-52H. The van der Waals surface area contributed by atoms with Gasteiger partial charge in [0.15, 0.2) is 0 Å². The normalized spacial score (nSPS) is 12.3. The second kappa shape index (κ2) is 15.5. The lowest BCUT2D eigenvalue weighted by atomic mass is 10.1. The highest BCUT2D eigenvalue weighted by atomic mass is 32.2. The van der Waals surface area contributed by atoms with Crippen molar-refractivity contribution in [3.63, 3.8) is 0 Å². The van der Waals surface area contributed by atoms with Crippen molar-refractivity contribution in [2.75, 3.05) is 0 Å². The van der Waals surface area contributed by atoms with Gasteiger partial charge in [0.2, 0.25) is 0 Å². The summed E-state index contributed by atoms with van der Waals surface area (Å²) in [6.45, 7) is 0. The molecule has 0 fully saturated rings. The molecule has 8 aromatic carbocycles. The van der Waals surface area contributed by atoms with E-state index in [0.29, 0.717) is 39.2 Å². The van der Waals surface area contributed by atoms with Gasteiger partial charge in [-0.05, 0) is 93.0 Å². The van der Waals surface area contributed by atoms with Gasteiger partial charge in [-0.2, -0.15) is 0 Å². The minimum atomic E-state index is 0.0413. The molecule has 0 amide bonds. The number of hydrogen-bond donors (Lipinski definition) is 4. The third-order valence-electron chi connectivity index (χ3n) is 9.47. The Labute approximate surface area is 341 Å². The topological polar surface area (TPSA) is 80.9 Å². The summed E-state index contributed by atoms with van der Waals surface area (Å²) in [7, 11) is 0. The highest BCUT2D eigenvalue weighted by Crippen LogP contribution is 2.55. The minimum absolute atomic E-state index is 0.0413. The molecule has 0 radical (unpaired) electrons. The summed E-state index contributed by atoms with van der Waals surface area (Å²) in [6.07, 6.45) is 0. The van der Waals surface area contributed by atoms with Gasteiger partial charge in [-0.25, -0.2) is 0 Å². The van der Waals surface area contributed by atoms with E-state index in [1.165, 1.54) is 47.0 Å². The molecule has 0 aromatic heterocycles. The smallest absolute Gasteiger partial charge is 0.143 e. The van der Waals surface area contributed by atoms with Crippen molar-refractivity contribution < 1.29 is 20.4 Å². The maximum absolute atomic E-state index is 12.1. The van der Waals surface area contributed by atoms with E-state index in [-0.39, 0.29) is 23.0 Å². The molecule has 4 nitrogen and oxygen atoms in total. The summed E-state index contributed by atoms with van der Waals surface area (Å²) < 4.78 is 0. The monoisotopic (exact) mass is 800 g/mol. The van der Waals surface area contributed by atoms with Crippen LogP contribution in [0.15, 0.2) is 209 Å². The number of phenolic OH excluding ortho intramolecular Hbond substituents is 4. The van der Waals surface area contributed by atoms with Crippen molar-refractivity contribution in [1.29, 1.82) is 0 Å². The predicted octanol–water partition coefficient (Wildman–Crippen LogP) is 14.1. The van der Waals surface area contributed by atoms with Gasteiger partial charge in [0.1, 0.15) is 23.0 Å². The minimum Gasteiger partial charge on any atom is -0.506 e. The van der Waals surface area contributed by atoms with Crippen LogP contribution in [0, 0.1) is 0 Å². The van der Waals surface area contributed by atoms with Crippen LogP contribution in [0.1, 0.15) is 0 Å². The second-order valence-electron chi connectivity index (χ2n) is 13.2. The van der Waals surface area contributed by atoms with Crippen LogP contribution in [0.5, 0.6) is 23.0 Å². The largest absolute Gasteiger partial charge is 0.506 e. The summed E-state index contributed by atoms with van der Waals surface area (Å²) in [6, 6.07) is 55.4. The van der Waals surface area contributed by atoms with Crippen LogP contribution in [-0.2, 0) is 0 Å². The van der Waals surface area contributed by atoms with Crippen molar-refractivity contribution in [1.82, 2.24) is 0 Å². The highest BCUT2D eigenvalue weighted by Gasteiger charge is 2.24. The molecule has 9 rings (SSSR count). The van der Waals surface area contributed by atoms with E-state index in [2.05, 4.69) is 0 Å². The van der Waals surface area contributed by atoms with E-state index in [4.69, 9.17) is 0 Å². The molecular weight excluding hydrogens is 769 g/mol. The fourth-order valence-corrected chi connectivity index (χ4v) is 11.0. The molecule has 8 bridgehead atoms. The zero-order valence-electron chi connectivity index (χ0n) is 29.6.